The number of benzene rings is 2. The van der Waals surface area contributed by atoms with Crippen molar-refractivity contribution in [2.45, 2.75) is 32.0 Å². The lowest BCUT2D eigenvalue weighted by Gasteiger charge is -2.34. The monoisotopic (exact) mass is 385 g/mol. The molecule has 0 unspecified atom stereocenters. The minimum atomic E-state index is -1.51. The van der Waals surface area contributed by atoms with Crippen LogP contribution in [0.3, 0.4) is 0 Å². The summed E-state index contributed by atoms with van der Waals surface area (Å²) >= 11 is 0. The van der Waals surface area contributed by atoms with Crippen LogP contribution in [0.25, 0.3) is 16.5 Å². The standard InChI is InChI=1S/C22H27NO5/c1-16(19-11-10-18-8-3-4-9-20(18)13-19)23-28-12-6-5-7-17-14-26-22(2,21(24)25)27-15-17/h3-4,8-11,13,17,23H,1,5-7,12,14-15H2,2H3,(H,24,25). The Morgan fingerprint density at radius 2 is 1.93 bits per heavy atom. The second-order valence-electron chi connectivity index (χ2n) is 7.23. The second-order valence-corrected chi connectivity index (χ2v) is 7.23. The Bertz CT molecular complexity index is 827. The Hall–Kier alpha value is -2.41. The van der Waals surface area contributed by atoms with Gasteiger partial charge in [-0.2, -0.15) is 0 Å². The Balaban J connectivity index is 1.31. The zero-order valence-electron chi connectivity index (χ0n) is 16.1. The van der Waals surface area contributed by atoms with Gasteiger partial charge in [-0.05, 0) is 35.2 Å². The fraction of sp³-hybridized carbons (Fsp3) is 0.409. The van der Waals surface area contributed by atoms with Crippen LogP contribution in [0, 0.1) is 5.92 Å². The van der Waals surface area contributed by atoms with Gasteiger partial charge < -0.3 is 14.6 Å². The highest BCUT2D eigenvalue weighted by molar-refractivity contribution is 5.85. The van der Waals surface area contributed by atoms with Crippen molar-refractivity contribution in [2.75, 3.05) is 19.8 Å². The van der Waals surface area contributed by atoms with Gasteiger partial charge in [0.1, 0.15) is 0 Å². The first-order valence-electron chi connectivity index (χ1n) is 9.55. The fourth-order valence-corrected chi connectivity index (χ4v) is 3.12. The predicted octanol–water partition coefficient (Wildman–Crippen LogP) is 3.97. The van der Waals surface area contributed by atoms with Crippen LogP contribution in [-0.2, 0) is 19.1 Å². The van der Waals surface area contributed by atoms with E-state index in [0.29, 0.717) is 19.8 Å². The van der Waals surface area contributed by atoms with Crippen LogP contribution in [0.2, 0.25) is 0 Å². The first-order chi connectivity index (χ1) is 13.5. The lowest BCUT2D eigenvalue weighted by Crippen LogP contribution is -2.47. The van der Waals surface area contributed by atoms with E-state index in [1.165, 1.54) is 17.7 Å². The van der Waals surface area contributed by atoms with Crippen LogP contribution in [0.15, 0.2) is 49.0 Å². The molecule has 0 atom stereocenters. The number of carboxylic acids is 1. The van der Waals surface area contributed by atoms with Crippen LogP contribution >= 0.6 is 0 Å². The van der Waals surface area contributed by atoms with Gasteiger partial charge in [-0.25, -0.2) is 4.79 Å². The normalized spacial score (nSPS) is 22.1. The SMILES string of the molecule is C=C(NOCCCCC1COC(C)(C(=O)O)OC1)c1ccc2ccccc2c1. The number of hydrogen-bond acceptors (Lipinski definition) is 5. The number of aliphatic carboxylic acids is 1. The summed E-state index contributed by atoms with van der Waals surface area (Å²) in [5, 5.41) is 11.4. The number of hydrogen-bond donors (Lipinski definition) is 2. The molecular weight excluding hydrogens is 358 g/mol. The highest BCUT2D eigenvalue weighted by Crippen LogP contribution is 2.24. The maximum atomic E-state index is 11.1. The number of nitrogens with one attached hydrogen (secondary N) is 1. The lowest BCUT2D eigenvalue weighted by atomic mass is 10.0. The van der Waals surface area contributed by atoms with Gasteiger partial charge in [0, 0.05) is 12.8 Å². The van der Waals surface area contributed by atoms with E-state index in [1.54, 1.807) is 0 Å². The van der Waals surface area contributed by atoms with Gasteiger partial charge in [0.25, 0.3) is 5.79 Å². The van der Waals surface area contributed by atoms with Crippen molar-refractivity contribution < 1.29 is 24.2 Å². The van der Waals surface area contributed by atoms with Crippen LogP contribution in [-0.4, -0.2) is 36.7 Å². The fourth-order valence-electron chi connectivity index (χ4n) is 3.12. The number of ether oxygens (including phenoxy) is 2. The van der Waals surface area contributed by atoms with Crippen LogP contribution in [0.5, 0.6) is 0 Å². The number of carboxylic acid groups (broad SMARTS) is 1. The summed E-state index contributed by atoms with van der Waals surface area (Å²) in [5.41, 5.74) is 4.64. The van der Waals surface area contributed by atoms with Gasteiger partial charge in [-0.3, -0.25) is 10.3 Å². The summed E-state index contributed by atoms with van der Waals surface area (Å²) in [4.78, 5) is 16.6. The number of rotatable bonds is 9. The topological polar surface area (TPSA) is 77.0 Å². The molecule has 0 spiro atoms. The van der Waals surface area contributed by atoms with E-state index in [0.717, 1.165) is 30.5 Å². The van der Waals surface area contributed by atoms with Crippen molar-refractivity contribution in [3.63, 3.8) is 0 Å². The molecule has 0 saturated carbocycles. The highest BCUT2D eigenvalue weighted by atomic mass is 16.7. The van der Waals surface area contributed by atoms with Gasteiger partial charge in [0.15, 0.2) is 0 Å². The summed E-state index contributed by atoms with van der Waals surface area (Å²) in [6, 6.07) is 14.4. The summed E-state index contributed by atoms with van der Waals surface area (Å²) in [6.07, 6.45) is 2.74. The smallest absolute Gasteiger partial charge is 0.364 e. The van der Waals surface area contributed by atoms with Gasteiger partial charge >= 0.3 is 5.97 Å². The molecule has 6 heteroatoms. The molecule has 0 radical (unpaired) electrons. The maximum Gasteiger partial charge on any atom is 0.364 e. The first-order valence-corrected chi connectivity index (χ1v) is 9.55. The largest absolute Gasteiger partial charge is 0.477 e. The molecule has 0 aliphatic carbocycles. The number of fused-ring (bicyclic) bond motifs is 1. The van der Waals surface area contributed by atoms with E-state index in [2.05, 4.69) is 36.3 Å². The molecule has 3 rings (SSSR count). The molecule has 0 aromatic heterocycles. The minimum Gasteiger partial charge on any atom is -0.477 e. The van der Waals surface area contributed by atoms with Crippen molar-refractivity contribution in [3.8, 4) is 0 Å². The molecule has 2 aromatic carbocycles. The van der Waals surface area contributed by atoms with E-state index in [-0.39, 0.29) is 5.92 Å². The van der Waals surface area contributed by atoms with Crippen LogP contribution < -0.4 is 5.48 Å². The van der Waals surface area contributed by atoms with E-state index in [1.807, 2.05) is 18.2 Å². The zero-order chi connectivity index (χ0) is 20.0. The van der Waals surface area contributed by atoms with Crippen molar-refractivity contribution in [3.05, 3.63) is 54.6 Å². The molecule has 28 heavy (non-hydrogen) atoms. The number of carbonyl (C=O) groups is 1. The lowest BCUT2D eigenvalue weighted by molar-refractivity contribution is -0.271. The quantitative estimate of drug-likeness (QED) is 0.502. The molecule has 1 saturated heterocycles. The van der Waals surface area contributed by atoms with E-state index in [4.69, 9.17) is 19.4 Å². The van der Waals surface area contributed by atoms with Gasteiger partial charge in [0.2, 0.25) is 0 Å². The maximum absolute atomic E-state index is 11.1. The zero-order valence-corrected chi connectivity index (χ0v) is 16.1. The molecule has 0 bridgehead atoms. The molecule has 2 aromatic rings. The Kier molecular flexibility index (Phi) is 6.67. The molecule has 1 aliphatic heterocycles. The Morgan fingerprint density at radius 3 is 2.64 bits per heavy atom. The second kappa shape index (κ2) is 9.19. The summed E-state index contributed by atoms with van der Waals surface area (Å²) in [5.74, 6) is -2.38. The molecule has 1 heterocycles. The third kappa shape index (κ3) is 5.10. The molecular formula is C22H27NO5. The summed E-state index contributed by atoms with van der Waals surface area (Å²) in [6.45, 7) is 6.84. The minimum absolute atomic E-state index is 0.216. The molecule has 1 aliphatic rings. The van der Waals surface area contributed by atoms with Gasteiger partial charge in [0.05, 0.1) is 25.5 Å². The third-order valence-electron chi connectivity index (χ3n) is 4.98. The van der Waals surface area contributed by atoms with E-state index >= 15 is 0 Å². The van der Waals surface area contributed by atoms with Crippen molar-refractivity contribution in [2.24, 2.45) is 5.92 Å². The summed E-state index contributed by atoms with van der Waals surface area (Å²) in [7, 11) is 0. The van der Waals surface area contributed by atoms with Gasteiger partial charge in [-0.1, -0.05) is 49.4 Å². The van der Waals surface area contributed by atoms with Gasteiger partial charge in [-0.15, -0.1) is 0 Å². The third-order valence-corrected chi connectivity index (χ3v) is 4.98. The first kappa shape index (κ1) is 20.3. The molecule has 1 fully saturated rings. The van der Waals surface area contributed by atoms with Crippen molar-refractivity contribution in [1.29, 1.82) is 0 Å². The highest BCUT2D eigenvalue weighted by Gasteiger charge is 2.40. The van der Waals surface area contributed by atoms with Crippen LogP contribution in [0.4, 0.5) is 0 Å². The summed E-state index contributed by atoms with van der Waals surface area (Å²) < 4.78 is 10.7. The predicted molar refractivity (Wildman–Crippen MR) is 107 cm³/mol. The molecule has 0 amide bonds. The molecule has 6 nitrogen and oxygen atoms in total. The van der Waals surface area contributed by atoms with E-state index < -0.39 is 11.8 Å². The Morgan fingerprint density at radius 1 is 1.21 bits per heavy atom. The molecule has 2 N–H and O–H groups in total. The number of hydroxylamine groups is 1. The average Bonchev–Trinajstić information content (AvgIpc) is 2.71. The van der Waals surface area contributed by atoms with Crippen LogP contribution in [0.1, 0.15) is 31.7 Å². The average molecular weight is 385 g/mol. The Labute approximate surface area is 165 Å². The van der Waals surface area contributed by atoms with E-state index in [9.17, 15) is 4.79 Å². The molecule has 150 valence electrons. The number of unbranched alkanes of at least 4 members (excludes halogenated alkanes) is 1. The van der Waals surface area contributed by atoms with Crippen molar-refractivity contribution in [1.82, 2.24) is 5.48 Å². The van der Waals surface area contributed by atoms with Crippen molar-refractivity contribution >= 4 is 22.4 Å².